The van der Waals surface area contributed by atoms with E-state index in [9.17, 15) is 4.79 Å². The largest absolute Gasteiger partial charge is 0.478 e. The lowest BCUT2D eigenvalue weighted by Crippen LogP contribution is -2.27. The predicted molar refractivity (Wildman–Crippen MR) is 80.9 cm³/mol. The van der Waals surface area contributed by atoms with E-state index in [1.165, 1.54) is 12.8 Å². The third-order valence-electron chi connectivity index (χ3n) is 4.15. The van der Waals surface area contributed by atoms with Crippen molar-refractivity contribution in [3.05, 3.63) is 29.3 Å². The minimum Gasteiger partial charge on any atom is -0.478 e. The highest BCUT2D eigenvalue weighted by Gasteiger charge is 2.43. The molecule has 0 amide bonds. The SMILES string of the molecule is Cc1ccc(SCC2COC3(CCCC3)O2)cc1C(=O)O. The van der Waals surface area contributed by atoms with Crippen molar-refractivity contribution in [3.63, 3.8) is 0 Å². The molecular weight excluding hydrogens is 288 g/mol. The van der Waals surface area contributed by atoms with Gasteiger partial charge in [0, 0.05) is 23.5 Å². The molecule has 1 N–H and O–H groups in total. The summed E-state index contributed by atoms with van der Waals surface area (Å²) in [4.78, 5) is 12.1. The summed E-state index contributed by atoms with van der Waals surface area (Å²) in [5.41, 5.74) is 1.16. The Morgan fingerprint density at radius 1 is 1.43 bits per heavy atom. The number of benzene rings is 1. The van der Waals surface area contributed by atoms with Gasteiger partial charge in [-0.2, -0.15) is 0 Å². The lowest BCUT2D eigenvalue weighted by molar-refractivity contribution is -0.159. The molecule has 1 aromatic rings. The second-order valence-electron chi connectivity index (χ2n) is 5.76. The van der Waals surface area contributed by atoms with Crippen molar-refractivity contribution in [2.45, 2.75) is 49.4 Å². The molecule has 2 aliphatic rings. The number of aryl methyl sites for hydroxylation is 1. The number of rotatable bonds is 4. The van der Waals surface area contributed by atoms with Crippen LogP contribution in [0.3, 0.4) is 0 Å². The van der Waals surface area contributed by atoms with Gasteiger partial charge in [0.05, 0.1) is 18.3 Å². The normalized spacial score (nSPS) is 23.8. The smallest absolute Gasteiger partial charge is 0.335 e. The van der Waals surface area contributed by atoms with Crippen molar-refractivity contribution in [1.29, 1.82) is 0 Å². The Bertz CT molecular complexity index is 537. The number of ether oxygens (including phenoxy) is 2. The molecule has 3 rings (SSSR count). The van der Waals surface area contributed by atoms with Crippen molar-refractivity contribution in [2.75, 3.05) is 12.4 Å². The maximum Gasteiger partial charge on any atom is 0.335 e. The summed E-state index contributed by atoms with van der Waals surface area (Å²) in [6, 6.07) is 5.56. The molecule has 1 aliphatic heterocycles. The predicted octanol–water partition coefficient (Wildman–Crippen LogP) is 3.47. The molecule has 1 heterocycles. The molecule has 5 heteroatoms. The van der Waals surface area contributed by atoms with Gasteiger partial charge < -0.3 is 14.6 Å². The summed E-state index contributed by atoms with van der Waals surface area (Å²) in [6.45, 7) is 2.46. The van der Waals surface area contributed by atoms with E-state index < -0.39 is 5.97 Å². The lowest BCUT2D eigenvalue weighted by atomic mass is 10.1. The maximum absolute atomic E-state index is 11.2. The molecule has 1 aliphatic carbocycles. The second kappa shape index (κ2) is 5.99. The van der Waals surface area contributed by atoms with Gasteiger partial charge in [0.15, 0.2) is 5.79 Å². The van der Waals surface area contributed by atoms with E-state index in [-0.39, 0.29) is 11.9 Å². The Hall–Kier alpha value is -1.04. The van der Waals surface area contributed by atoms with Gasteiger partial charge in [0.25, 0.3) is 0 Å². The standard InChI is InChI=1S/C16H20O4S/c1-11-4-5-13(8-14(11)15(17)18)21-10-12-9-19-16(20-12)6-2-3-7-16/h4-5,8,12H,2-3,6-7,9-10H2,1H3,(H,17,18). The number of hydrogen-bond acceptors (Lipinski definition) is 4. The molecular formula is C16H20O4S. The monoisotopic (exact) mass is 308 g/mol. The quantitative estimate of drug-likeness (QED) is 0.863. The Morgan fingerprint density at radius 2 is 2.19 bits per heavy atom. The van der Waals surface area contributed by atoms with Crippen molar-refractivity contribution >= 4 is 17.7 Å². The summed E-state index contributed by atoms with van der Waals surface area (Å²) in [5.74, 6) is -0.394. The van der Waals surface area contributed by atoms with E-state index in [0.717, 1.165) is 29.1 Å². The Labute approximate surface area is 128 Å². The number of carboxylic acids is 1. The summed E-state index contributed by atoms with van der Waals surface area (Å²) in [7, 11) is 0. The summed E-state index contributed by atoms with van der Waals surface area (Å²) >= 11 is 1.63. The average molecular weight is 308 g/mol. The fourth-order valence-electron chi connectivity index (χ4n) is 2.99. The van der Waals surface area contributed by atoms with Crippen LogP contribution in [0.25, 0.3) is 0 Å². The third-order valence-corrected chi connectivity index (χ3v) is 5.28. The number of thioether (sulfide) groups is 1. The first kappa shape index (κ1) is 14.9. The van der Waals surface area contributed by atoms with Crippen LogP contribution in [0.4, 0.5) is 0 Å². The van der Waals surface area contributed by atoms with Crippen LogP contribution in [-0.2, 0) is 9.47 Å². The van der Waals surface area contributed by atoms with Gasteiger partial charge in [-0.05, 0) is 37.5 Å². The van der Waals surface area contributed by atoms with Crippen LogP contribution in [0, 0.1) is 6.92 Å². The van der Waals surface area contributed by atoms with E-state index in [2.05, 4.69) is 0 Å². The number of carboxylic acid groups (broad SMARTS) is 1. The zero-order valence-corrected chi connectivity index (χ0v) is 12.9. The third kappa shape index (κ3) is 3.25. The first-order chi connectivity index (χ1) is 10.1. The average Bonchev–Trinajstić information content (AvgIpc) is 3.08. The van der Waals surface area contributed by atoms with Crippen LogP contribution in [0.1, 0.15) is 41.6 Å². The van der Waals surface area contributed by atoms with Crippen molar-refractivity contribution < 1.29 is 19.4 Å². The second-order valence-corrected chi connectivity index (χ2v) is 6.85. The summed E-state index contributed by atoms with van der Waals surface area (Å²) in [5, 5.41) is 9.16. The molecule has 114 valence electrons. The molecule has 1 saturated heterocycles. The van der Waals surface area contributed by atoms with Crippen LogP contribution < -0.4 is 0 Å². The molecule has 4 nitrogen and oxygen atoms in total. The number of hydrogen-bond donors (Lipinski definition) is 1. The van der Waals surface area contributed by atoms with Crippen LogP contribution >= 0.6 is 11.8 Å². The van der Waals surface area contributed by atoms with E-state index in [4.69, 9.17) is 14.6 Å². The van der Waals surface area contributed by atoms with E-state index in [1.807, 2.05) is 19.1 Å². The topological polar surface area (TPSA) is 55.8 Å². The number of aromatic carboxylic acids is 1. The minimum atomic E-state index is -0.875. The molecule has 1 spiro atoms. The van der Waals surface area contributed by atoms with E-state index in [0.29, 0.717) is 12.2 Å². The van der Waals surface area contributed by atoms with Crippen molar-refractivity contribution in [3.8, 4) is 0 Å². The number of carbonyl (C=O) groups is 1. The molecule has 1 unspecified atom stereocenters. The molecule has 21 heavy (non-hydrogen) atoms. The fraction of sp³-hybridized carbons (Fsp3) is 0.562. The minimum absolute atomic E-state index is 0.0997. The van der Waals surface area contributed by atoms with Crippen molar-refractivity contribution in [2.24, 2.45) is 0 Å². The van der Waals surface area contributed by atoms with Crippen LogP contribution in [0.15, 0.2) is 23.1 Å². The molecule has 0 bridgehead atoms. The first-order valence-corrected chi connectivity index (χ1v) is 8.35. The molecule has 1 atom stereocenters. The lowest BCUT2D eigenvalue weighted by Gasteiger charge is -2.21. The van der Waals surface area contributed by atoms with E-state index in [1.54, 1.807) is 17.8 Å². The highest BCUT2D eigenvalue weighted by molar-refractivity contribution is 7.99. The first-order valence-electron chi connectivity index (χ1n) is 7.36. The summed E-state index contributed by atoms with van der Waals surface area (Å²) in [6.07, 6.45) is 4.46. The highest BCUT2D eigenvalue weighted by Crippen LogP contribution is 2.40. The van der Waals surface area contributed by atoms with Gasteiger partial charge in [0.2, 0.25) is 0 Å². The summed E-state index contributed by atoms with van der Waals surface area (Å²) < 4.78 is 11.9. The van der Waals surface area contributed by atoms with Crippen LogP contribution in [0.5, 0.6) is 0 Å². The van der Waals surface area contributed by atoms with Gasteiger partial charge in [-0.15, -0.1) is 11.8 Å². The Balaban J connectivity index is 1.58. The molecule has 1 aromatic carbocycles. The zero-order valence-electron chi connectivity index (χ0n) is 12.1. The Morgan fingerprint density at radius 3 is 2.90 bits per heavy atom. The van der Waals surface area contributed by atoms with E-state index >= 15 is 0 Å². The van der Waals surface area contributed by atoms with Crippen LogP contribution in [0.2, 0.25) is 0 Å². The van der Waals surface area contributed by atoms with Crippen molar-refractivity contribution in [1.82, 2.24) is 0 Å². The molecule has 0 radical (unpaired) electrons. The molecule has 1 saturated carbocycles. The molecule has 0 aromatic heterocycles. The van der Waals surface area contributed by atoms with Gasteiger partial charge in [-0.3, -0.25) is 0 Å². The fourth-order valence-corrected chi connectivity index (χ4v) is 3.89. The van der Waals surface area contributed by atoms with Gasteiger partial charge in [0.1, 0.15) is 0 Å². The zero-order chi connectivity index (χ0) is 14.9. The van der Waals surface area contributed by atoms with Gasteiger partial charge >= 0.3 is 5.97 Å². The highest BCUT2D eigenvalue weighted by atomic mass is 32.2. The maximum atomic E-state index is 11.2. The van der Waals surface area contributed by atoms with Gasteiger partial charge in [-0.25, -0.2) is 4.79 Å². The Kier molecular flexibility index (Phi) is 4.24. The van der Waals surface area contributed by atoms with Gasteiger partial charge in [-0.1, -0.05) is 6.07 Å². The molecule has 2 fully saturated rings. The van der Waals surface area contributed by atoms with Crippen LogP contribution in [-0.4, -0.2) is 35.3 Å².